The molecule has 5 heteroatoms. The standard InChI is InChI=1S/C15H15NO4/c1-18-14-5-4-10(8-16-14)9-20-15(17)12-7-11(12)13-3-2-6-19-13/h2-6,8,11-12H,7,9H2,1H3/t11-,12-/m0/s1. The van der Waals surface area contributed by atoms with Gasteiger partial charge in [-0.3, -0.25) is 4.79 Å². The fourth-order valence-corrected chi connectivity index (χ4v) is 2.15. The minimum atomic E-state index is -0.179. The molecule has 1 aliphatic rings. The van der Waals surface area contributed by atoms with E-state index in [1.807, 2.05) is 18.2 Å². The molecule has 1 fully saturated rings. The highest BCUT2D eigenvalue weighted by Crippen LogP contribution is 2.48. The Labute approximate surface area is 116 Å². The number of carbonyl (C=O) groups is 1. The lowest BCUT2D eigenvalue weighted by atomic mass is 10.2. The fraction of sp³-hybridized carbons (Fsp3) is 0.333. The number of pyridine rings is 1. The molecular weight excluding hydrogens is 258 g/mol. The van der Waals surface area contributed by atoms with Gasteiger partial charge in [-0.25, -0.2) is 4.98 Å². The van der Waals surface area contributed by atoms with E-state index in [4.69, 9.17) is 13.9 Å². The number of hydrogen-bond acceptors (Lipinski definition) is 5. The van der Waals surface area contributed by atoms with Crippen molar-refractivity contribution in [3.05, 3.63) is 48.0 Å². The number of carbonyl (C=O) groups excluding carboxylic acids is 1. The first-order chi connectivity index (χ1) is 9.78. The van der Waals surface area contributed by atoms with Crippen molar-refractivity contribution in [2.45, 2.75) is 18.9 Å². The first-order valence-corrected chi connectivity index (χ1v) is 6.47. The maximum absolute atomic E-state index is 11.9. The Morgan fingerprint density at radius 3 is 3.00 bits per heavy atom. The molecule has 0 saturated heterocycles. The normalized spacial score (nSPS) is 20.4. The Morgan fingerprint density at radius 1 is 1.45 bits per heavy atom. The first-order valence-electron chi connectivity index (χ1n) is 6.47. The van der Waals surface area contributed by atoms with Crippen LogP contribution in [0, 0.1) is 5.92 Å². The van der Waals surface area contributed by atoms with E-state index in [1.54, 1.807) is 25.6 Å². The molecule has 0 N–H and O–H groups in total. The second kappa shape index (κ2) is 5.36. The molecule has 0 spiro atoms. The highest BCUT2D eigenvalue weighted by Gasteiger charge is 2.47. The van der Waals surface area contributed by atoms with Crippen LogP contribution in [0.15, 0.2) is 41.1 Å². The predicted octanol–water partition coefficient (Wildman–Crippen LogP) is 2.53. The van der Waals surface area contributed by atoms with Crippen LogP contribution in [-0.2, 0) is 16.1 Å². The molecule has 0 aromatic carbocycles. The van der Waals surface area contributed by atoms with Gasteiger partial charge >= 0.3 is 5.97 Å². The SMILES string of the molecule is COc1ccc(COC(=O)[C@H]2C[C@@H]2c2ccco2)cn1. The number of methoxy groups -OCH3 is 1. The molecule has 1 aliphatic carbocycles. The van der Waals surface area contributed by atoms with E-state index < -0.39 is 0 Å². The summed E-state index contributed by atoms with van der Waals surface area (Å²) in [5, 5.41) is 0. The van der Waals surface area contributed by atoms with E-state index in [2.05, 4.69) is 4.98 Å². The van der Waals surface area contributed by atoms with Gasteiger partial charge < -0.3 is 13.9 Å². The van der Waals surface area contributed by atoms with Crippen LogP contribution < -0.4 is 4.74 Å². The van der Waals surface area contributed by atoms with Crippen molar-refractivity contribution in [1.29, 1.82) is 0 Å². The summed E-state index contributed by atoms with van der Waals surface area (Å²) in [6.45, 7) is 0.233. The molecule has 2 aromatic heterocycles. The molecule has 0 aliphatic heterocycles. The lowest BCUT2D eigenvalue weighted by molar-refractivity contribution is -0.146. The van der Waals surface area contributed by atoms with Crippen LogP contribution in [0.5, 0.6) is 5.88 Å². The van der Waals surface area contributed by atoms with E-state index >= 15 is 0 Å². The number of hydrogen-bond donors (Lipinski definition) is 0. The summed E-state index contributed by atoms with van der Waals surface area (Å²) in [6.07, 6.45) is 4.06. The summed E-state index contributed by atoms with van der Waals surface area (Å²) >= 11 is 0. The van der Waals surface area contributed by atoms with Crippen LogP contribution in [0.3, 0.4) is 0 Å². The molecule has 3 rings (SSSR count). The van der Waals surface area contributed by atoms with E-state index in [-0.39, 0.29) is 24.4 Å². The second-order valence-electron chi connectivity index (χ2n) is 4.78. The van der Waals surface area contributed by atoms with Crippen LogP contribution in [0.4, 0.5) is 0 Å². The summed E-state index contributed by atoms with van der Waals surface area (Å²) in [5.74, 6) is 1.32. The Bertz CT molecular complexity index is 576. The minimum absolute atomic E-state index is 0.0765. The molecule has 0 bridgehead atoms. The summed E-state index contributed by atoms with van der Waals surface area (Å²) in [5.41, 5.74) is 0.842. The number of nitrogens with zero attached hydrogens (tertiary/aromatic N) is 1. The largest absolute Gasteiger partial charge is 0.481 e. The van der Waals surface area contributed by atoms with Gasteiger partial charge in [0.05, 0.1) is 19.3 Å². The molecule has 0 amide bonds. The maximum atomic E-state index is 11.9. The summed E-state index contributed by atoms with van der Waals surface area (Å²) < 4.78 is 15.6. The van der Waals surface area contributed by atoms with Crippen molar-refractivity contribution >= 4 is 5.97 Å². The van der Waals surface area contributed by atoms with Gasteiger partial charge in [-0.1, -0.05) is 0 Å². The van der Waals surface area contributed by atoms with Crippen molar-refractivity contribution in [2.24, 2.45) is 5.92 Å². The van der Waals surface area contributed by atoms with Gasteiger partial charge in [0.25, 0.3) is 0 Å². The third-order valence-electron chi connectivity index (χ3n) is 3.39. The van der Waals surface area contributed by atoms with E-state index in [9.17, 15) is 4.79 Å². The molecule has 0 radical (unpaired) electrons. The van der Waals surface area contributed by atoms with Gasteiger partial charge in [-0.15, -0.1) is 0 Å². The third-order valence-corrected chi connectivity index (χ3v) is 3.39. The van der Waals surface area contributed by atoms with Crippen molar-refractivity contribution in [3.63, 3.8) is 0 Å². The van der Waals surface area contributed by atoms with Gasteiger partial charge in [-0.05, 0) is 24.6 Å². The molecule has 0 unspecified atom stereocenters. The highest BCUT2D eigenvalue weighted by atomic mass is 16.5. The Balaban J connectivity index is 1.50. The van der Waals surface area contributed by atoms with Gasteiger partial charge in [0.15, 0.2) is 0 Å². The Kier molecular flexibility index (Phi) is 3.41. The molecule has 20 heavy (non-hydrogen) atoms. The van der Waals surface area contributed by atoms with E-state index in [1.165, 1.54) is 0 Å². The van der Waals surface area contributed by atoms with Gasteiger partial charge in [0.1, 0.15) is 12.4 Å². The number of furan rings is 1. The number of rotatable bonds is 5. The van der Waals surface area contributed by atoms with Crippen LogP contribution in [0.1, 0.15) is 23.7 Å². The predicted molar refractivity (Wildman–Crippen MR) is 70.1 cm³/mol. The van der Waals surface area contributed by atoms with Crippen molar-refractivity contribution < 1.29 is 18.7 Å². The zero-order chi connectivity index (χ0) is 13.9. The smallest absolute Gasteiger partial charge is 0.310 e. The minimum Gasteiger partial charge on any atom is -0.481 e. The average molecular weight is 273 g/mol. The van der Waals surface area contributed by atoms with E-state index in [0.29, 0.717) is 5.88 Å². The van der Waals surface area contributed by atoms with Crippen molar-refractivity contribution in [2.75, 3.05) is 7.11 Å². The topological polar surface area (TPSA) is 61.6 Å². The summed E-state index contributed by atoms with van der Waals surface area (Å²) in [4.78, 5) is 16.0. The lowest BCUT2D eigenvalue weighted by Crippen LogP contribution is -2.08. The number of esters is 1. The van der Waals surface area contributed by atoms with Gasteiger partial charge in [0, 0.05) is 23.7 Å². The zero-order valence-corrected chi connectivity index (χ0v) is 11.1. The zero-order valence-electron chi connectivity index (χ0n) is 11.1. The maximum Gasteiger partial charge on any atom is 0.310 e. The van der Waals surface area contributed by atoms with Gasteiger partial charge in [0.2, 0.25) is 5.88 Å². The van der Waals surface area contributed by atoms with Crippen LogP contribution in [0.25, 0.3) is 0 Å². The highest BCUT2D eigenvalue weighted by molar-refractivity contribution is 5.77. The number of aromatic nitrogens is 1. The Hall–Kier alpha value is -2.30. The quantitative estimate of drug-likeness (QED) is 0.783. The van der Waals surface area contributed by atoms with E-state index in [0.717, 1.165) is 17.7 Å². The molecule has 2 heterocycles. The van der Waals surface area contributed by atoms with Crippen molar-refractivity contribution in [3.8, 4) is 5.88 Å². The number of ether oxygens (including phenoxy) is 2. The third kappa shape index (κ3) is 2.66. The monoisotopic (exact) mass is 273 g/mol. The Morgan fingerprint density at radius 2 is 2.35 bits per heavy atom. The summed E-state index contributed by atoms with van der Waals surface area (Å²) in [7, 11) is 1.56. The van der Waals surface area contributed by atoms with Crippen molar-refractivity contribution in [1.82, 2.24) is 4.98 Å². The molecule has 5 nitrogen and oxygen atoms in total. The summed E-state index contributed by atoms with van der Waals surface area (Å²) in [6, 6.07) is 7.30. The van der Waals surface area contributed by atoms with Gasteiger partial charge in [-0.2, -0.15) is 0 Å². The van der Waals surface area contributed by atoms with Crippen LogP contribution in [0.2, 0.25) is 0 Å². The molecule has 1 saturated carbocycles. The lowest BCUT2D eigenvalue weighted by Gasteiger charge is -2.05. The molecule has 2 aromatic rings. The molecule has 2 atom stereocenters. The van der Waals surface area contributed by atoms with Crippen LogP contribution in [-0.4, -0.2) is 18.1 Å². The molecular formula is C15H15NO4. The molecule has 104 valence electrons. The van der Waals surface area contributed by atoms with Crippen LogP contribution >= 0.6 is 0 Å². The average Bonchev–Trinajstić information content (AvgIpc) is 3.11. The fourth-order valence-electron chi connectivity index (χ4n) is 2.15. The second-order valence-corrected chi connectivity index (χ2v) is 4.78. The first kappa shape index (κ1) is 12.7.